The summed E-state index contributed by atoms with van der Waals surface area (Å²) in [5.74, 6) is 1.73. The lowest BCUT2D eigenvalue weighted by Gasteiger charge is -2.38. The Bertz CT molecular complexity index is 1320. The van der Waals surface area contributed by atoms with Crippen LogP contribution in [0.1, 0.15) is 63.3 Å². The molecule has 0 saturated carbocycles. The van der Waals surface area contributed by atoms with Gasteiger partial charge in [0.25, 0.3) is 0 Å². The summed E-state index contributed by atoms with van der Waals surface area (Å²) in [5.41, 5.74) is 2.90. The van der Waals surface area contributed by atoms with Crippen LogP contribution in [-0.2, 0) is 28.4 Å². The molecule has 2 aromatic heterocycles. The lowest BCUT2D eigenvalue weighted by Crippen LogP contribution is -2.42. The topological polar surface area (TPSA) is 101 Å². The molecule has 3 heterocycles. The minimum atomic E-state index is -3.34. The van der Waals surface area contributed by atoms with Crippen molar-refractivity contribution in [1.82, 2.24) is 19.5 Å². The monoisotopic (exact) mass is 471 g/mol. The molecule has 0 aliphatic carbocycles. The van der Waals surface area contributed by atoms with Crippen LogP contribution in [0.15, 0.2) is 23.2 Å². The molecule has 1 atom stereocenters. The molecule has 33 heavy (non-hydrogen) atoms. The molecule has 1 aromatic carbocycles. The third-order valence-corrected chi connectivity index (χ3v) is 7.60. The summed E-state index contributed by atoms with van der Waals surface area (Å²) in [5, 5.41) is 10.4. The van der Waals surface area contributed by atoms with E-state index in [9.17, 15) is 13.5 Å². The molecule has 0 amide bonds. The molecule has 1 aliphatic rings. The summed E-state index contributed by atoms with van der Waals surface area (Å²) in [6, 6.07) is 3.63. The molecule has 0 unspecified atom stereocenters. The fourth-order valence-electron chi connectivity index (χ4n) is 4.86. The van der Waals surface area contributed by atoms with Gasteiger partial charge in [0, 0.05) is 36.8 Å². The van der Waals surface area contributed by atoms with Gasteiger partial charge in [-0.1, -0.05) is 20.8 Å². The Morgan fingerprint density at radius 1 is 1.21 bits per heavy atom. The third kappa shape index (κ3) is 4.12. The molecule has 0 radical (unpaired) electrons. The van der Waals surface area contributed by atoms with E-state index in [1.54, 1.807) is 26.1 Å². The average molecular weight is 472 g/mol. The first-order valence-corrected chi connectivity index (χ1v) is 13.3. The summed E-state index contributed by atoms with van der Waals surface area (Å²) in [7, 11) is -3.34. The minimum absolute atomic E-state index is 0.0645. The Labute approximate surface area is 195 Å². The number of aromatic nitrogens is 4. The first-order chi connectivity index (χ1) is 15.3. The number of anilines is 1. The number of rotatable bonds is 5. The molecule has 0 bridgehead atoms. The van der Waals surface area contributed by atoms with Gasteiger partial charge in [-0.3, -0.25) is 0 Å². The number of benzene rings is 1. The molecule has 0 spiro atoms. The van der Waals surface area contributed by atoms with Crippen LogP contribution in [0.3, 0.4) is 0 Å². The highest BCUT2D eigenvalue weighted by Gasteiger charge is 2.35. The quantitative estimate of drug-likeness (QED) is 0.607. The van der Waals surface area contributed by atoms with Crippen molar-refractivity contribution in [2.24, 2.45) is 5.92 Å². The molecule has 178 valence electrons. The van der Waals surface area contributed by atoms with Gasteiger partial charge in [0.15, 0.2) is 9.84 Å². The van der Waals surface area contributed by atoms with Crippen molar-refractivity contribution in [2.75, 3.05) is 17.7 Å². The van der Waals surface area contributed by atoms with Gasteiger partial charge in [-0.15, -0.1) is 0 Å². The maximum absolute atomic E-state index is 12.4. The second-order valence-electron chi connectivity index (χ2n) is 9.81. The Morgan fingerprint density at radius 2 is 1.91 bits per heavy atom. The Balaban J connectivity index is 1.85. The van der Waals surface area contributed by atoms with Crippen molar-refractivity contribution in [3.63, 3.8) is 0 Å². The Morgan fingerprint density at radius 3 is 2.45 bits per heavy atom. The number of hydrogen-bond donors (Lipinski definition) is 1. The fraction of sp³-hybridized carbons (Fsp3) is 0.542. The molecular weight excluding hydrogens is 438 g/mol. The number of aryl methyl sites for hydroxylation is 2. The van der Waals surface area contributed by atoms with E-state index in [4.69, 9.17) is 9.97 Å². The summed E-state index contributed by atoms with van der Waals surface area (Å²) in [6.45, 7) is 12.9. The van der Waals surface area contributed by atoms with Crippen LogP contribution in [-0.4, -0.2) is 45.8 Å². The second-order valence-corrected chi connectivity index (χ2v) is 11.8. The van der Waals surface area contributed by atoms with E-state index in [2.05, 4.69) is 28.3 Å². The van der Waals surface area contributed by atoms with Crippen LogP contribution in [0, 0.1) is 12.8 Å². The second kappa shape index (κ2) is 8.06. The van der Waals surface area contributed by atoms with E-state index >= 15 is 0 Å². The third-order valence-electron chi connectivity index (χ3n) is 6.42. The molecule has 3 aromatic rings. The van der Waals surface area contributed by atoms with Gasteiger partial charge in [-0.2, -0.15) is 0 Å². The predicted molar refractivity (Wildman–Crippen MR) is 129 cm³/mol. The molecule has 1 aliphatic heterocycles. The van der Waals surface area contributed by atoms with Crippen LogP contribution in [0.2, 0.25) is 0 Å². The standard InChI is InChI=1S/C24H33N5O3S/c1-8-16-11-18-19(12-20(16)33(7,31)32)28-9-10-29(21(14(2)3)22(28)27-18)23-25-13-17(15(4)26-23)24(5,6)30/h11-14,21,30H,8-10H2,1-7H3/t21-/m0/s1. The summed E-state index contributed by atoms with van der Waals surface area (Å²) in [4.78, 5) is 16.9. The van der Waals surface area contributed by atoms with E-state index in [1.807, 2.05) is 19.9 Å². The number of hydrogen-bond acceptors (Lipinski definition) is 7. The van der Waals surface area contributed by atoms with Gasteiger partial charge in [0.05, 0.1) is 27.6 Å². The molecule has 0 fully saturated rings. The first-order valence-electron chi connectivity index (χ1n) is 11.4. The molecule has 0 saturated heterocycles. The number of nitrogens with zero attached hydrogens (tertiary/aromatic N) is 5. The average Bonchev–Trinajstić information content (AvgIpc) is 3.07. The van der Waals surface area contributed by atoms with Gasteiger partial charge in [0.2, 0.25) is 5.95 Å². The summed E-state index contributed by atoms with van der Waals surface area (Å²) < 4.78 is 27.0. The zero-order valence-electron chi connectivity index (χ0n) is 20.4. The minimum Gasteiger partial charge on any atom is -0.386 e. The highest BCUT2D eigenvalue weighted by Crippen LogP contribution is 2.37. The lowest BCUT2D eigenvalue weighted by atomic mass is 9.98. The molecule has 4 rings (SSSR count). The maximum atomic E-state index is 12.4. The number of aliphatic hydroxyl groups is 1. The van der Waals surface area contributed by atoms with Gasteiger partial charge < -0.3 is 14.6 Å². The van der Waals surface area contributed by atoms with E-state index in [0.29, 0.717) is 35.9 Å². The van der Waals surface area contributed by atoms with Crippen molar-refractivity contribution >= 4 is 26.8 Å². The van der Waals surface area contributed by atoms with Gasteiger partial charge >= 0.3 is 0 Å². The van der Waals surface area contributed by atoms with Crippen LogP contribution < -0.4 is 4.90 Å². The maximum Gasteiger partial charge on any atom is 0.226 e. The molecule has 8 nitrogen and oxygen atoms in total. The van der Waals surface area contributed by atoms with Crippen LogP contribution >= 0.6 is 0 Å². The highest BCUT2D eigenvalue weighted by atomic mass is 32.2. The summed E-state index contributed by atoms with van der Waals surface area (Å²) in [6.07, 6.45) is 3.59. The van der Waals surface area contributed by atoms with Crippen LogP contribution in [0.4, 0.5) is 5.95 Å². The first kappa shape index (κ1) is 23.6. The Hall–Kier alpha value is -2.52. The SMILES string of the molecule is CCc1cc2nc3n(c2cc1S(C)(=O)=O)CCN(c1ncc(C(C)(C)O)c(C)n1)[C@H]3C(C)C. The lowest BCUT2D eigenvalue weighted by molar-refractivity contribution is 0.0770. The zero-order chi connectivity index (χ0) is 24.3. The van der Waals surface area contributed by atoms with E-state index in [0.717, 1.165) is 28.1 Å². The van der Waals surface area contributed by atoms with E-state index in [1.165, 1.54) is 6.26 Å². The van der Waals surface area contributed by atoms with Crippen LogP contribution in [0.5, 0.6) is 0 Å². The molecule has 9 heteroatoms. The number of imidazole rings is 1. The van der Waals surface area contributed by atoms with E-state index in [-0.39, 0.29) is 12.0 Å². The van der Waals surface area contributed by atoms with E-state index < -0.39 is 15.4 Å². The number of fused-ring (bicyclic) bond motifs is 3. The largest absolute Gasteiger partial charge is 0.386 e. The molecular formula is C24H33N5O3S. The predicted octanol–water partition coefficient (Wildman–Crippen LogP) is 3.55. The fourth-order valence-corrected chi connectivity index (χ4v) is 5.86. The van der Waals surface area contributed by atoms with Gasteiger partial charge in [-0.25, -0.2) is 23.4 Å². The van der Waals surface area contributed by atoms with Crippen molar-refractivity contribution in [3.8, 4) is 0 Å². The normalized spacial score (nSPS) is 17.1. The smallest absolute Gasteiger partial charge is 0.226 e. The van der Waals surface area contributed by atoms with Crippen molar-refractivity contribution in [3.05, 3.63) is 41.0 Å². The van der Waals surface area contributed by atoms with Crippen molar-refractivity contribution in [1.29, 1.82) is 0 Å². The van der Waals surface area contributed by atoms with Gasteiger partial charge in [-0.05, 0) is 50.8 Å². The van der Waals surface area contributed by atoms with Crippen LogP contribution in [0.25, 0.3) is 11.0 Å². The van der Waals surface area contributed by atoms with Gasteiger partial charge in [0.1, 0.15) is 5.82 Å². The zero-order valence-corrected chi connectivity index (χ0v) is 21.2. The summed E-state index contributed by atoms with van der Waals surface area (Å²) >= 11 is 0. The highest BCUT2D eigenvalue weighted by molar-refractivity contribution is 7.90. The number of sulfone groups is 1. The van der Waals surface area contributed by atoms with Crippen molar-refractivity contribution < 1.29 is 13.5 Å². The Kier molecular flexibility index (Phi) is 5.77. The molecule has 1 N–H and O–H groups in total. The van der Waals surface area contributed by atoms with Crippen molar-refractivity contribution in [2.45, 2.75) is 71.0 Å².